The number of alkyl halides is 1. The van der Waals surface area contributed by atoms with Crippen LogP contribution in [0.2, 0.25) is 0 Å². The van der Waals surface area contributed by atoms with Crippen LogP contribution in [0.1, 0.15) is 23.5 Å². The average Bonchev–Trinajstić information content (AvgIpc) is 2.20. The minimum absolute atomic E-state index is 0.247. The van der Waals surface area contributed by atoms with E-state index in [9.17, 15) is 8.42 Å². The third-order valence-electron chi connectivity index (χ3n) is 2.57. The van der Waals surface area contributed by atoms with Crippen molar-refractivity contribution in [1.82, 2.24) is 0 Å². The third kappa shape index (κ3) is 4.66. The van der Waals surface area contributed by atoms with Crippen LogP contribution in [0.25, 0.3) is 0 Å². The summed E-state index contributed by atoms with van der Waals surface area (Å²) in [5, 5.41) is 0.797. The molecule has 90 valence electrons. The molecule has 1 aromatic rings. The molecule has 0 saturated carbocycles. The molecule has 1 unspecified atom stereocenters. The lowest BCUT2D eigenvalue weighted by molar-refractivity contribution is 0.595. The molecular formula is C12H17BrO2S. The molecular weight excluding hydrogens is 288 g/mol. The molecule has 0 spiro atoms. The Morgan fingerprint density at radius 1 is 1.25 bits per heavy atom. The van der Waals surface area contributed by atoms with Crippen molar-refractivity contribution in [2.45, 2.75) is 19.3 Å². The first-order chi connectivity index (χ1) is 7.42. The van der Waals surface area contributed by atoms with Crippen molar-refractivity contribution < 1.29 is 8.42 Å². The number of hydrogen-bond acceptors (Lipinski definition) is 2. The average molecular weight is 305 g/mol. The second-order valence-corrected chi connectivity index (χ2v) is 7.09. The van der Waals surface area contributed by atoms with E-state index in [0.29, 0.717) is 6.42 Å². The second kappa shape index (κ2) is 5.82. The molecule has 0 radical (unpaired) electrons. The van der Waals surface area contributed by atoms with Crippen LogP contribution >= 0.6 is 15.9 Å². The fourth-order valence-electron chi connectivity index (χ4n) is 1.53. The van der Waals surface area contributed by atoms with E-state index >= 15 is 0 Å². The van der Waals surface area contributed by atoms with Crippen LogP contribution in [0.15, 0.2) is 24.3 Å². The SMILES string of the molecule is Cc1ccc(C(CBr)CCS(C)(=O)=O)cc1. The van der Waals surface area contributed by atoms with Crippen LogP contribution in [0.5, 0.6) is 0 Å². The zero-order valence-corrected chi connectivity index (χ0v) is 12.0. The fourth-order valence-corrected chi connectivity index (χ4v) is 2.94. The van der Waals surface area contributed by atoms with E-state index in [-0.39, 0.29) is 11.7 Å². The Kier molecular flexibility index (Phi) is 4.99. The van der Waals surface area contributed by atoms with Crippen LogP contribution in [-0.4, -0.2) is 25.8 Å². The molecule has 0 fully saturated rings. The summed E-state index contributed by atoms with van der Waals surface area (Å²) in [5.41, 5.74) is 2.42. The van der Waals surface area contributed by atoms with Crippen molar-refractivity contribution >= 4 is 25.8 Å². The van der Waals surface area contributed by atoms with Crippen molar-refractivity contribution in [2.75, 3.05) is 17.3 Å². The van der Waals surface area contributed by atoms with Gasteiger partial charge in [-0.3, -0.25) is 0 Å². The zero-order valence-electron chi connectivity index (χ0n) is 9.61. The molecule has 16 heavy (non-hydrogen) atoms. The Labute approximate surface area is 106 Å². The van der Waals surface area contributed by atoms with Gasteiger partial charge in [-0.1, -0.05) is 45.8 Å². The predicted molar refractivity (Wildman–Crippen MR) is 72.0 cm³/mol. The van der Waals surface area contributed by atoms with E-state index in [1.807, 2.05) is 6.92 Å². The molecule has 0 bridgehead atoms. The molecule has 1 rings (SSSR count). The first kappa shape index (κ1) is 13.7. The lowest BCUT2D eigenvalue weighted by Gasteiger charge is -2.14. The largest absolute Gasteiger partial charge is 0.229 e. The van der Waals surface area contributed by atoms with Gasteiger partial charge in [0.1, 0.15) is 9.84 Å². The highest BCUT2D eigenvalue weighted by Gasteiger charge is 2.13. The van der Waals surface area contributed by atoms with Crippen LogP contribution in [0.4, 0.5) is 0 Å². The summed E-state index contributed by atoms with van der Waals surface area (Å²) in [7, 11) is -2.87. The lowest BCUT2D eigenvalue weighted by atomic mass is 9.98. The molecule has 0 aromatic heterocycles. The zero-order chi connectivity index (χ0) is 12.2. The molecule has 0 N–H and O–H groups in total. The van der Waals surface area contributed by atoms with E-state index in [0.717, 1.165) is 5.33 Å². The first-order valence-corrected chi connectivity index (χ1v) is 8.41. The fraction of sp³-hybridized carbons (Fsp3) is 0.500. The standard InChI is InChI=1S/C12H17BrO2S/c1-10-3-5-11(6-4-10)12(9-13)7-8-16(2,14)15/h3-6,12H,7-9H2,1-2H3. The molecule has 0 heterocycles. The maximum Gasteiger partial charge on any atom is 0.147 e. The van der Waals surface area contributed by atoms with E-state index in [2.05, 4.69) is 40.2 Å². The molecule has 1 aromatic carbocycles. The van der Waals surface area contributed by atoms with Gasteiger partial charge >= 0.3 is 0 Å². The van der Waals surface area contributed by atoms with Gasteiger partial charge in [-0.25, -0.2) is 8.42 Å². The summed E-state index contributed by atoms with van der Waals surface area (Å²) in [6, 6.07) is 8.27. The first-order valence-electron chi connectivity index (χ1n) is 5.22. The number of sulfone groups is 1. The molecule has 0 saturated heterocycles. The normalized spacial score (nSPS) is 13.7. The molecule has 1 atom stereocenters. The van der Waals surface area contributed by atoms with Crippen LogP contribution in [-0.2, 0) is 9.84 Å². The van der Waals surface area contributed by atoms with Crippen LogP contribution in [0.3, 0.4) is 0 Å². The molecule has 0 aliphatic carbocycles. The van der Waals surface area contributed by atoms with E-state index < -0.39 is 9.84 Å². The Morgan fingerprint density at radius 3 is 2.25 bits per heavy atom. The summed E-state index contributed by atoms with van der Waals surface area (Å²) >= 11 is 3.44. The predicted octanol–water partition coefficient (Wildman–Crippen LogP) is 2.91. The Balaban J connectivity index is 2.71. The van der Waals surface area contributed by atoms with Crippen molar-refractivity contribution in [2.24, 2.45) is 0 Å². The summed E-state index contributed by atoms with van der Waals surface area (Å²) in [6.45, 7) is 2.05. The van der Waals surface area contributed by atoms with Gasteiger partial charge in [-0.05, 0) is 24.8 Å². The summed E-state index contributed by atoms with van der Waals surface area (Å²) in [4.78, 5) is 0. The highest BCUT2D eigenvalue weighted by atomic mass is 79.9. The van der Waals surface area contributed by atoms with Gasteiger partial charge in [0.15, 0.2) is 0 Å². The van der Waals surface area contributed by atoms with Crippen LogP contribution < -0.4 is 0 Å². The Bertz CT molecular complexity index is 423. The quantitative estimate of drug-likeness (QED) is 0.784. The topological polar surface area (TPSA) is 34.1 Å². The number of hydrogen-bond donors (Lipinski definition) is 0. The molecule has 0 amide bonds. The molecule has 0 aliphatic heterocycles. The van der Waals surface area contributed by atoms with Gasteiger partial charge in [-0.2, -0.15) is 0 Å². The summed E-state index contributed by atoms with van der Waals surface area (Å²) in [6.07, 6.45) is 1.96. The maximum absolute atomic E-state index is 11.1. The minimum atomic E-state index is -2.87. The van der Waals surface area contributed by atoms with Crippen molar-refractivity contribution in [3.05, 3.63) is 35.4 Å². The van der Waals surface area contributed by atoms with E-state index in [4.69, 9.17) is 0 Å². The summed E-state index contributed by atoms with van der Waals surface area (Å²) < 4.78 is 22.2. The highest BCUT2D eigenvalue weighted by Crippen LogP contribution is 2.22. The van der Waals surface area contributed by atoms with E-state index in [1.54, 1.807) is 0 Å². The number of halogens is 1. The molecule has 0 aliphatic rings. The van der Waals surface area contributed by atoms with Crippen LogP contribution in [0, 0.1) is 6.92 Å². The van der Waals surface area contributed by atoms with Gasteiger partial charge in [-0.15, -0.1) is 0 Å². The summed E-state index contributed by atoms with van der Waals surface area (Å²) in [5.74, 6) is 0.521. The highest BCUT2D eigenvalue weighted by molar-refractivity contribution is 9.09. The molecule has 4 heteroatoms. The number of benzene rings is 1. The van der Waals surface area contributed by atoms with Gasteiger partial charge < -0.3 is 0 Å². The second-order valence-electron chi connectivity index (χ2n) is 4.18. The number of rotatable bonds is 5. The third-order valence-corrected chi connectivity index (χ3v) is 4.33. The van der Waals surface area contributed by atoms with Crippen molar-refractivity contribution in [3.8, 4) is 0 Å². The smallest absolute Gasteiger partial charge is 0.147 e. The monoisotopic (exact) mass is 304 g/mol. The van der Waals surface area contributed by atoms with E-state index in [1.165, 1.54) is 17.4 Å². The van der Waals surface area contributed by atoms with Crippen molar-refractivity contribution in [1.29, 1.82) is 0 Å². The molecule has 2 nitrogen and oxygen atoms in total. The van der Waals surface area contributed by atoms with Gasteiger partial charge in [0.2, 0.25) is 0 Å². The van der Waals surface area contributed by atoms with Gasteiger partial charge in [0.05, 0.1) is 5.75 Å². The van der Waals surface area contributed by atoms with Crippen molar-refractivity contribution in [3.63, 3.8) is 0 Å². The lowest BCUT2D eigenvalue weighted by Crippen LogP contribution is -2.09. The number of aryl methyl sites for hydroxylation is 1. The maximum atomic E-state index is 11.1. The van der Waals surface area contributed by atoms with Gasteiger partial charge in [0.25, 0.3) is 0 Å². The Hall–Kier alpha value is -0.350. The van der Waals surface area contributed by atoms with Gasteiger partial charge in [0, 0.05) is 11.6 Å². The minimum Gasteiger partial charge on any atom is -0.229 e. The Morgan fingerprint density at radius 2 is 1.81 bits per heavy atom.